The summed E-state index contributed by atoms with van der Waals surface area (Å²) in [5.41, 5.74) is 5.31. The second-order valence-corrected chi connectivity index (χ2v) is 6.02. The molecule has 1 fully saturated rings. The highest BCUT2D eigenvalue weighted by molar-refractivity contribution is 7.16. The number of hydrogen-bond acceptors (Lipinski definition) is 6. The number of nitrogens with two attached hydrogens (primary N) is 1. The summed E-state index contributed by atoms with van der Waals surface area (Å²) in [5.74, 6) is -0.604. The van der Waals surface area contributed by atoms with E-state index in [-0.39, 0.29) is 29.9 Å². The van der Waals surface area contributed by atoms with Gasteiger partial charge in [-0.3, -0.25) is 4.79 Å². The number of halogens is 1. The zero-order valence-electron chi connectivity index (χ0n) is 11.6. The number of ether oxygens (including phenoxy) is 1. The standard InChI is InChI=1S/C12H17N3O3S.ClH/c1-6(2)8-7(9(16)18-3)14-11(19-8)15-10(17)12(13)4-5-12;/h6H,4-5,13H2,1-3H3,(H,14,15,17);1H. The number of methoxy groups -OCH3 is 1. The molecule has 0 aromatic carbocycles. The molecule has 0 atom stereocenters. The number of esters is 1. The van der Waals surface area contributed by atoms with Gasteiger partial charge in [0.15, 0.2) is 10.8 Å². The lowest BCUT2D eigenvalue weighted by Gasteiger charge is -2.06. The first-order chi connectivity index (χ1) is 8.87. The molecular weight excluding hydrogens is 302 g/mol. The Balaban J connectivity index is 0.00000200. The van der Waals surface area contributed by atoms with E-state index < -0.39 is 11.5 Å². The number of hydrogen-bond donors (Lipinski definition) is 2. The van der Waals surface area contributed by atoms with E-state index >= 15 is 0 Å². The van der Waals surface area contributed by atoms with Crippen LogP contribution in [0.3, 0.4) is 0 Å². The van der Waals surface area contributed by atoms with E-state index in [9.17, 15) is 9.59 Å². The van der Waals surface area contributed by atoms with Crippen LogP contribution in [0, 0.1) is 0 Å². The van der Waals surface area contributed by atoms with Crippen molar-refractivity contribution in [3.05, 3.63) is 10.6 Å². The number of carbonyl (C=O) groups excluding carboxylic acids is 2. The van der Waals surface area contributed by atoms with Gasteiger partial charge in [0, 0.05) is 4.88 Å². The number of rotatable bonds is 4. The molecule has 1 amide bonds. The van der Waals surface area contributed by atoms with Gasteiger partial charge in [0.2, 0.25) is 5.91 Å². The minimum Gasteiger partial charge on any atom is -0.464 e. The second-order valence-electron chi connectivity index (χ2n) is 4.99. The lowest BCUT2D eigenvalue weighted by Crippen LogP contribution is -2.37. The minimum absolute atomic E-state index is 0. The van der Waals surface area contributed by atoms with Crippen LogP contribution in [0.15, 0.2) is 0 Å². The van der Waals surface area contributed by atoms with Gasteiger partial charge < -0.3 is 15.8 Å². The Morgan fingerprint density at radius 2 is 2.05 bits per heavy atom. The molecule has 1 aromatic heterocycles. The van der Waals surface area contributed by atoms with Gasteiger partial charge in [0.25, 0.3) is 0 Å². The van der Waals surface area contributed by atoms with E-state index in [4.69, 9.17) is 10.5 Å². The first-order valence-corrected chi connectivity index (χ1v) is 6.88. The SMILES string of the molecule is COC(=O)c1nc(NC(=O)C2(N)CC2)sc1C(C)C.Cl. The van der Waals surface area contributed by atoms with Crippen molar-refractivity contribution in [3.8, 4) is 0 Å². The van der Waals surface area contributed by atoms with Crippen molar-refractivity contribution in [2.45, 2.75) is 38.1 Å². The van der Waals surface area contributed by atoms with Gasteiger partial charge in [0.05, 0.1) is 12.6 Å². The molecule has 0 unspecified atom stereocenters. The quantitative estimate of drug-likeness (QED) is 0.827. The minimum atomic E-state index is -0.755. The molecule has 0 radical (unpaired) electrons. The number of nitrogens with zero attached hydrogens (tertiary/aromatic N) is 1. The van der Waals surface area contributed by atoms with E-state index in [2.05, 4.69) is 10.3 Å². The predicted octanol–water partition coefficient (Wildman–Crippen LogP) is 1.90. The van der Waals surface area contributed by atoms with Crippen LogP contribution in [-0.2, 0) is 9.53 Å². The number of nitrogens with one attached hydrogen (secondary N) is 1. The van der Waals surface area contributed by atoms with E-state index in [1.807, 2.05) is 13.8 Å². The number of carbonyl (C=O) groups is 2. The first kappa shape index (κ1) is 16.9. The van der Waals surface area contributed by atoms with E-state index in [1.165, 1.54) is 18.4 Å². The molecule has 6 nitrogen and oxygen atoms in total. The summed E-state index contributed by atoms with van der Waals surface area (Å²) in [7, 11) is 1.31. The molecule has 3 N–H and O–H groups in total. The summed E-state index contributed by atoms with van der Waals surface area (Å²) in [6.07, 6.45) is 1.37. The van der Waals surface area contributed by atoms with Crippen molar-refractivity contribution in [2.75, 3.05) is 12.4 Å². The maximum atomic E-state index is 11.8. The third-order valence-corrected chi connectivity index (χ3v) is 4.29. The molecule has 1 aliphatic carbocycles. The zero-order valence-corrected chi connectivity index (χ0v) is 13.2. The average Bonchev–Trinajstić information content (AvgIpc) is 2.97. The van der Waals surface area contributed by atoms with Crippen molar-refractivity contribution >= 4 is 40.8 Å². The fourth-order valence-corrected chi connectivity index (χ4v) is 2.55. The number of amides is 1. The summed E-state index contributed by atoms with van der Waals surface area (Å²) in [6.45, 7) is 3.91. The highest BCUT2D eigenvalue weighted by Crippen LogP contribution is 2.35. The number of thiazole rings is 1. The summed E-state index contributed by atoms with van der Waals surface area (Å²) < 4.78 is 4.69. The van der Waals surface area contributed by atoms with Gasteiger partial charge in [-0.2, -0.15) is 0 Å². The average molecular weight is 320 g/mol. The highest BCUT2D eigenvalue weighted by Gasteiger charge is 2.46. The van der Waals surface area contributed by atoms with Crippen molar-refractivity contribution in [2.24, 2.45) is 5.73 Å². The summed E-state index contributed by atoms with van der Waals surface area (Å²) in [6, 6.07) is 0. The molecule has 0 saturated heterocycles. The monoisotopic (exact) mass is 319 g/mol. The molecule has 1 aromatic rings. The first-order valence-electron chi connectivity index (χ1n) is 6.07. The van der Waals surface area contributed by atoms with Crippen LogP contribution in [0.2, 0.25) is 0 Å². The normalized spacial score (nSPS) is 15.4. The van der Waals surface area contributed by atoms with Crippen molar-refractivity contribution in [3.63, 3.8) is 0 Å². The molecule has 0 aliphatic heterocycles. The fraction of sp³-hybridized carbons (Fsp3) is 0.583. The van der Waals surface area contributed by atoms with E-state index in [0.29, 0.717) is 18.0 Å². The van der Waals surface area contributed by atoms with Gasteiger partial charge >= 0.3 is 5.97 Å². The van der Waals surface area contributed by atoms with Gasteiger partial charge in [-0.15, -0.1) is 23.7 Å². The topological polar surface area (TPSA) is 94.3 Å². The molecule has 0 spiro atoms. The Bertz CT molecular complexity index is 526. The Labute approximate surface area is 127 Å². The second kappa shape index (κ2) is 6.07. The predicted molar refractivity (Wildman–Crippen MR) is 79.6 cm³/mol. The van der Waals surface area contributed by atoms with Crippen molar-refractivity contribution in [1.82, 2.24) is 4.98 Å². The Kier molecular flexibility index (Phi) is 5.12. The summed E-state index contributed by atoms with van der Waals surface area (Å²) >= 11 is 1.28. The largest absolute Gasteiger partial charge is 0.464 e. The smallest absolute Gasteiger partial charge is 0.357 e. The Morgan fingerprint density at radius 3 is 2.50 bits per heavy atom. The molecule has 20 heavy (non-hydrogen) atoms. The van der Waals surface area contributed by atoms with Crippen LogP contribution in [-0.4, -0.2) is 29.5 Å². The molecule has 1 heterocycles. The number of anilines is 1. The molecule has 112 valence electrons. The van der Waals surface area contributed by atoms with Gasteiger partial charge in [0.1, 0.15) is 0 Å². The zero-order chi connectivity index (χ0) is 14.2. The van der Waals surface area contributed by atoms with Gasteiger partial charge in [-0.1, -0.05) is 13.8 Å². The van der Waals surface area contributed by atoms with Crippen LogP contribution in [0.4, 0.5) is 5.13 Å². The molecule has 0 bridgehead atoms. The summed E-state index contributed by atoms with van der Waals surface area (Å²) in [5, 5.41) is 3.07. The lowest BCUT2D eigenvalue weighted by atomic mass is 10.1. The molecule has 8 heteroatoms. The summed E-state index contributed by atoms with van der Waals surface area (Å²) in [4.78, 5) is 28.4. The third kappa shape index (κ3) is 3.28. The molecule has 1 saturated carbocycles. The molecular formula is C12H18ClN3O3S. The van der Waals surface area contributed by atoms with Crippen molar-refractivity contribution < 1.29 is 14.3 Å². The van der Waals surface area contributed by atoms with Crippen LogP contribution in [0.25, 0.3) is 0 Å². The van der Waals surface area contributed by atoms with Gasteiger partial charge in [-0.25, -0.2) is 9.78 Å². The van der Waals surface area contributed by atoms with Crippen LogP contribution in [0.5, 0.6) is 0 Å². The van der Waals surface area contributed by atoms with Crippen LogP contribution >= 0.6 is 23.7 Å². The van der Waals surface area contributed by atoms with Crippen molar-refractivity contribution in [1.29, 1.82) is 0 Å². The van der Waals surface area contributed by atoms with Crippen LogP contribution in [0.1, 0.15) is 48.0 Å². The molecule has 2 rings (SSSR count). The lowest BCUT2D eigenvalue weighted by molar-refractivity contribution is -0.118. The number of aromatic nitrogens is 1. The Morgan fingerprint density at radius 1 is 1.45 bits per heavy atom. The fourth-order valence-electron chi connectivity index (χ4n) is 1.60. The van der Waals surface area contributed by atoms with Crippen LogP contribution < -0.4 is 11.1 Å². The van der Waals surface area contributed by atoms with E-state index in [0.717, 1.165) is 4.88 Å². The Hall–Kier alpha value is -1.18. The van der Waals surface area contributed by atoms with Gasteiger partial charge in [-0.05, 0) is 18.8 Å². The maximum absolute atomic E-state index is 11.8. The third-order valence-electron chi connectivity index (χ3n) is 3.02. The maximum Gasteiger partial charge on any atom is 0.357 e. The highest BCUT2D eigenvalue weighted by atomic mass is 35.5. The molecule has 1 aliphatic rings. The van der Waals surface area contributed by atoms with E-state index in [1.54, 1.807) is 0 Å².